The molecule has 0 fully saturated rings. The predicted octanol–water partition coefficient (Wildman–Crippen LogP) is 2.17. The van der Waals surface area contributed by atoms with Gasteiger partial charge in [-0.25, -0.2) is 0 Å². The zero-order chi connectivity index (χ0) is 10.4. The van der Waals surface area contributed by atoms with E-state index in [1.165, 1.54) is 9.75 Å². The van der Waals surface area contributed by atoms with Gasteiger partial charge in [-0.3, -0.25) is 0 Å². The van der Waals surface area contributed by atoms with Crippen molar-refractivity contribution >= 4 is 11.3 Å². The van der Waals surface area contributed by atoms with E-state index in [4.69, 9.17) is 5.11 Å². The molecular formula is C11H19NOS. The minimum atomic E-state index is -0.197. The second kappa shape index (κ2) is 6.17. The van der Waals surface area contributed by atoms with E-state index < -0.39 is 0 Å². The van der Waals surface area contributed by atoms with Crippen LogP contribution in [0.3, 0.4) is 0 Å². The van der Waals surface area contributed by atoms with Crippen LogP contribution in [-0.4, -0.2) is 17.8 Å². The van der Waals surface area contributed by atoms with Crippen molar-refractivity contribution < 1.29 is 5.11 Å². The fraction of sp³-hybridized carbons (Fsp3) is 0.636. The lowest BCUT2D eigenvalue weighted by atomic mass is 10.3. The quantitative estimate of drug-likeness (QED) is 0.710. The maximum Gasteiger partial charge on any atom is 0.0524 e. The molecule has 0 amide bonds. The average molecular weight is 213 g/mol. The summed E-state index contributed by atoms with van der Waals surface area (Å²) in [7, 11) is 0. The van der Waals surface area contributed by atoms with Crippen molar-refractivity contribution in [1.29, 1.82) is 0 Å². The van der Waals surface area contributed by atoms with E-state index in [1.54, 1.807) is 0 Å². The summed E-state index contributed by atoms with van der Waals surface area (Å²) in [6, 6.07) is 4.37. The number of aliphatic hydroxyl groups excluding tert-OH is 1. The number of rotatable bonds is 6. The molecule has 0 spiro atoms. The molecule has 1 heterocycles. The van der Waals surface area contributed by atoms with Crippen molar-refractivity contribution in [1.82, 2.24) is 5.32 Å². The second-order valence-electron chi connectivity index (χ2n) is 3.54. The van der Waals surface area contributed by atoms with Crippen molar-refractivity contribution in [2.24, 2.45) is 0 Å². The van der Waals surface area contributed by atoms with Gasteiger partial charge in [-0.2, -0.15) is 0 Å². The Labute approximate surface area is 90.0 Å². The van der Waals surface area contributed by atoms with Crippen LogP contribution in [0.5, 0.6) is 0 Å². The number of hydrogen-bond acceptors (Lipinski definition) is 3. The first-order chi connectivity index (χ1) is 6.72. The summed E-state index contributed by atoms with van der Waals surface area (Å²) in [6.45, 7) is 5.81. The van der Waals surface area contributed by atoms with Gasteiger partial charge in [-0.15, -0.1) is 11.3 Å². The highest BCUT2D eigenvalue weighted by Crippen LogP contribution is 2.16. The van der Waals surface area contributed by atoms with Gasteiger partial charge in [-0.1, -0.05) is 6.92 Å². The zero-order valence-electron chi connectivity index (χ0n) is 8.92. The number of aryl methyl sites for hydroxylation is 1. The third kappa shape index (κ3) is 4.22. The van der Waals surface area contributed by atoms with Gasteiger partial charge in [0.1, 0.15) is 0 Å². The molecule has 14 heavy (non-hydrogen) atoms. The van der Waals surface area contributed by atoms with Crippen molar-refractivity contribution in [3.8, 4) is 0 Å². The summed E-state index contributed by atoms with van der Waals surface area (Å²) >= 11 is 1.87. The summed E-state index contributed by atoms with van der Waals surface area (Å²) in [4.78, 5) is 2.82. The fourth-order valence-corrected chi connectivity index (χ4v) is 2.16. The molecule has 0 aliphatic rings. The van der Waals surface area contributed by atoms with E-state index in [1.807, 2.05) is 18.3 Å². The Morgan fingerprint density at radius 1 is 1.43 bits per heavy atom. The maximum absolute atomic E-state index is 9.05. The minimum absolute atomic E-state index is 0.197. The molecule has 0 aliphatic heterocycles. The zero-order valence-corrected chi connectivity index (χ0v) is 9.73. The van der Waals surface area contributed by atoms with Crippen LogP contribution in [0.4, 0.5) is 0 Å². The van der Waals surface area contributed by atoms with Gasteiger partial charge in [0.25, 0.3) is 0 Å². The number of thiophene rings is 1. The van der Waals surface area contributed by atoms with Crippen molar-refractivity contribution in [3.63, 3.8) is 0 Å². The lowest BCUT2D eigenvalue weighted by molar-refractivity contribution is 0.183. The summed E-state index contributed by atoms with van der Waals surface area (Å²) in [5, 5.41) is 12.4. The lowest BCUT2D eigenvalue weighted by Gasteiger charge is -2.04. The van der Waals surface area contributed by atoms with Crippen LogP contribution in [0.15, 0.2) is 12.1 Å². The SMILES string of the molecule is CCc1ccc(CNCCC(C)O)s1. The Hall–Kier alpha value is -0.380. The van der Waals surface area contributed by atoms with E-state index in [0.717, 1.165) is 25.9 Å². The minimum Gasteiger partial charge on any atom is -0.393 e. The topological polar surface area (TPSA) is 32.3 Å². The molecule has 1 aromatic rings. The normalized spacial score (nSPS) is 13.1. The highest BCUT2D eigenvalue weighted by Gasteiger charge is 1.98. The smallest absolute Gasteiger partial charge is 0.0524 e. The molecule has 80 valence electrons. The second-order valence-corrected chi connectivity index (χ2v) is 4.79. The van der Waals surface area contributed by atoms with Crippen LogP contribution in [0.2, 0.25) is 0 Å². The first-order valence-corrected chi connectivity index (χ1v) is 6.00. The first kappa shape index (κ1) is 11.7. The maximum atomic E-state index is 9.05. The Kier molecular flexibility index (Phi) is 5.15. The van der Waals surface area contributed by atoms with Gasteiger partial charge in [0.2, 0.25) is 0 Å². The highest BCUT2D eigenvalue weighted by molar-refractivity contribution is 7.11. The molecular weight excluding hydrogens is 194 g/mol. The van der Waals surface area contributed by atoms with Crippen molar-refractivity contribution in [2.45, 2.75) is 39.3 Å². The third-order valence-electron chi connectivity index (χ3n) is 2.10. The van der Waals surface area contributed by atoms with Crippen LogP contribution >= 0.6 is 11.3 Å². The molecule has 0 aromatic carbocycles. The number of hydrogen-bond donors (Lipinski definition) is 2. The first-order valence-electron chi connectivity index (χ1n) is 5.18. The van der Waals surface area contributed by atoms with Crippen LogP contribution in [0.25, 0.3) is 0 Å². The summed E-state index contributed by atoms with van der Waals surface area (Å²) in [5.74, 6) is 0. The Balaban J connectivity index is 2.18. The summed E-state index contributed by atoms with van der Waals surface area (Å²) in [6.07, 6.45) is 1.75. The van der Waals surface area contributed by atoms with E-state index in [-0.39, 0.29) is 6.10 Å². The predicted molar refractivity (Wildman–Crippen MR) is 61.7 cm³/mol. The van der Waals surface area contributed by atoms with Gasteiger partial charge in [0.15, 0.2) is 0 Å². The molecule has 0 bridgehead atoms. The molecule has 0 aliphatic carbocycles. The van der Waals surface area contributed by atoms with Crippen molar-refractivity contribution in [3.05, 3.63) is 21.9 Å². The van der Waals surface area contributed by atoms with E-state index >= 15 is 0 Å². The molecule has 1 atom stereocenters. The summed E-state index contributed by atoms with van der Waals surface area (Å²) in [5.41, 5.74) is 0. The van der Waals surface area contributed by atoms with Gasteiger partial charge in [0, 0.05) is 16.3 Å². The molecule has 2 nitrogen and oxygen atoms in total. The number of aliphatic hydroxyl groups is 1. The van der Waals surface area contributed by atoms with Crippen LogP contribution in [0.1, 0.15) is 30.0 Å². The standard InChI is InChI=1S/C11H19NOS/c1-3-10-4-5-11(14-10)8-12-7-6-9(2)13/h4-5,9,12-13H,3,6-8H2,1-2H3. The summed E-state index contributed by atoms with van der Waals surface area (Å²) < 4.78 is 0. The molecule has 1 aromatic heterocycles. The third-order valence-corrected chi connectivity index (χ3v) is 3.33. The van der Waals surface area contributed by atoms with E-state index in [9.17, 15) is 0 Å². The highest BCUT2D eigenvalue weighted by atomic mass is 32.1. The molecule has 1 unspecified atom stereocenters. The van der Waals surface area contributed by atoms with Crippen molar-refractivity contribution in [2.75, 3.05) is 6.54 Å². The Morgan fingerprint density at radius 3 is 2.71 bits per heavy atom. The van der Waals surface area contributed by atoms with E-state index in [0.29, 0.717) is 0 Å². The molecule has 0 radical (unpaired) electrons. The molecule has 0 saturated carbocycles. The number of nitrogens with one attached hydrogen (secondary N) is 1. The average Bonchev–Trinajstić information content (AvgIpc) is 2.60. The van der Waals surface area contributed by atoms with Crippen LogP contribution in [0, 0.1) is 0 Å². The van der Waals surface area contributed by atoms with E-state index in [2.05, 4.69) is 24.4 Å². The Bertz CT molecular complexity index is 258. The largest absolute Gasteiger partial charge is 0.393 e. The fourth-order valence-electron chi connectivity index (χ4n) is 1.23. The molecule has 3 heteroatoms. The molecule has 1 rings (SSSR count). The lowest BCUT2D eigenvalue weighted by Crippen LogP contribution is -2.17. The van der Waals surface area contributed by atoms with Gasteiger partial charge >= 0.3 is 0 Å². The monoisotopic (exact) mass is 213 g/mol. The van der Waals surface area contributed by atoms with Gasteiger partial charge in [-0.05, 0) is 38.4 Å². The molecule has 0 saturated heterocycles. The molecule has 2 N–H and O–H groups in total. The van der Waals surface area contributed by atoms with Gasteiger partial charge < -0.3 is 10.4 Å². The van der Waals surface area contributed by atoms with Crippen LogP contribution in [-0.2, 0) is 13.0 Å². The van der Waals surface area contributed by atoms with Gasteiger partial charge in [0.05, 0.1) is 6.10 Å². The Morgan fingerprint density at radius 2 is 2.14 bits per heavy atom. The van der Waals surface area contributed by atoms with Crippen LogP contribution < -0.4 is 5.32 Å².